The summed E-state index contributed by atoms with van der Waals surface area (Å²) in [5.74, 6) is 0.351. The second-order valence-corrected chi connectivity index (χ2v) is 9.47. The number of carbonyl (C=O) groups excluding carboxylic acids is 1. The molecule has 0 saturated heterocycles. The number of amides is 1. The molecule has 0 atom stereocenters. The Bertz CT molecular complexity index is 1180. The van der Waals surface area contributed by atoms with Crippen molar-refractivity contribution in [1.29, 1.82) is 0 Å². The summed E-state index contributed by atoms with van der Waals surface area (Å²) in [6.07, 6.45) is 0.631. The first-order valence-electron chi connectivity index (χ1n) is 10.1. The van der Waals surface area contributed by atoms with Crippen molar-refractivity contribution < 1.29 is 17.9 Å². The fraction of sp³-hybridized carbons (Fsp3) is 0.208. The Morgan fingerprint density at radius 3 is 2.48 bits per heavy atom. The Morgan fingerprint density at radius 2 is 1.74 bits per heavy atom. The maximum Gasteiger partial charge on any atom is 0.262 e. The van der Waals surface area contributed by atoms with Gasteiger partial charge >= 0.3 is 0 Å². The van der Waals surface area contributed by atoms with Gasteiger partial charge in [-0.05, 0) is 60.9 Å². The highest BCUT2D eigenvalue weighted by Crippen LogP contribution is 2.27. The lowest BCUT2D eigenvalue weighted by Gasteiger charge is -2.28. The van der Waals surface area contributed by atoms with E-state index in [-0.39, 0.29) is 19.1 Å². The number of sulfonamides is 1. The van der Waals surface area contributed by atoms with Gasteiger partial charge in [-0.3, -0.25) is 4.79 Å². The third-order valence-electron chi connectivity index (χ3n) is 5.24. The van der Waals surface area contributed by atoms with Gasteiger partial charge in [-0.1, -0.05) is 42.0 Å². The van der Waals surface area contributed by atoms with Crippen molar-refractivity contribution in [3.63, 3.8) is 0 Å². The fourth-order valence-corrected chi connectivity index (χ4v) is 4.95. The van der Waals surface area contributed by atoms with Crippen LogP contribution in [0.3, 0.4) is 0 Å². The Hall–Kier alpha value is -3.16. The molecule has 0 radical (unpaired) electrons. The number of para-hydroxylation sites is 1. The molecular weight excluding hydrogens is 412 g/mol. The lowest BCUT2D eigenvalue weighted by atomic mass is 10.0. The summed E-state index contributed by atoms with van der Waals surface area (Å²) >= 11 is 0. The quantitative estimate of drug-likeness (QED) is 0.638. The van der Waals surface area contributed by atoms with Crippen LogP contribution < -0.4 is 10.1 Å². The number of hydrogen-bond acceptors (Lipinski definition) is 4. The van der Waals surface area contributed by atoms with Gasteiger partial charge in [0.15, 0.2) is 6.61 Å². The van der Waals surface area contributed by atoms with Crippen LogP contribution in [0.1, 0.15) is 16.7 Å². The maximum atomic E-state index is 13.0. The van der Waals surface area contributed by atoms with Gasteiger partial charge in [0.05, 0.1) is 4.90 Å². The predicted octanol–water partition coefficient (Wildman–Crippen LogP) is 3.76. The van der Waals surface area contributed by atoms with E-state index in [1.165, 1.54) is 4.31 Å². The first-order chi connectivity index (χ1) is 14.9. The van der Waals surface area contributed by atoms with Gasteiger partial charge in [-0.25, -0.2) is 8.42 Å². The first kappa shape index (κ1) is 21.1. The van der Waals surface area contributed by atoms with Gasteiger partial charge in [-0.2, -0.15) is 4.31 Å². The molecule has 1 aliphatic heterocycles. The van der Waals surface area contributed by atoms with Crippen molar-refractivity contribution >= 4 is 21.6 Å². The number of fused-ring (bicyclic) bond motifs is 1. The third kappa shape index (κ3) is 4.95. The van der Waals surface area contributed by atoms with Crippen LogP contribution in [0.5, 0.6) is 5.75 Å². The number of aryl methyl sites for hydroxylation is 1. The molecule has 160 valence electrons. The molecule has 3 aromatic rings. The van der Waals surface area contributed by atoms with Crippen molar-refractivity contribution in [2.75, 3.05) is 18.5 Å². The summed E-state index contributed by atoms with van der Waals surface area (Å²) in [4.78, 5) is 12.5. The largest absolute Gasteiger partial charge is 0.484 e. The summed E-state index contributed by atoms with van der Waals surface area (Å²) in [5, 5.41) is 2.82. The molecule has 31 heavy (non-hydrogen) atoms. The number of carbonyl (C=O) groups is 1. The zero-order valence-corrected chi connectivity index (χ0v) is 18.1. The van der Waals surface area contributed by atoms with Gasteiger partial charge in [-0.15, -0.1) is 0 Å². The molecule has 4 rings (SSSR count). The standard InChI is InChI=1S/C24H24N2O4S/c1-18-7-11-23(12-8-18)31(28,29)26-14-13-19-9-10-21(15-20(19)16-26)25-24(27)17-30-22-5-3-2-4-6-22/h2-12,15H,13-14,16-17H2,1H3,(H,25,27). The predicted molar refractivity (Wildman–Crippen MR) is 119 cm³/mol. The number of anilines is 1. The Kier molecular flexibility index (Phi) is 6.06. The SMILES string of the molecule is Cc1ccc(S(=O)(=O)N2CCc3ccc(NC(=O)COc4ccccc4)cc3C2)cc1. The number of ether oxygens (including phenoxy) is 1. The maximum absolute atomic E-state index is 13.0. The van der Waals surface area contributed by atoms with E-state index in [1.54, 1.807) is 36.4 Å². The average Bonchev–Trinajstić information content (AvgIpc) is 2.78. The highest BCUT2D eigenvalue weighted by atomic mass is 32.2. The van der Waals surface area contributed by atoms with Gasteiger partial charge in [0, 0.05) is 18.8 Å². The molecule has 1 aliphatic rings. The molecule has 1 heterocycles. The minimum Gasteiger partial charge on any atom is -0.484 e. The van der Waals surface area contributed by atoms with Crippen molar-refractivity contribution in [2.24, 2.45) is 0 Å². The molecule has 0 fully saturated rings. The summed E-state index contributed by atoms with van der Waals surface area (Å²) in [7, 11) is -3.57. The van der Waals surface area contributed by atoms with Crippen LogP contribution in [0.15, 0.2) is 77.7 Å². The van der Waals surface area contributed by atoms with E-state index in [4.69, 9.17) is 4.74 Å². The number of hydrogen-bond donors (Lipinski definition) is 1. The minimum atomic E-state index is -3.57. The molecule has 0 spiro atoms. The molecule has 1 N–H and O–H groups in total. The summed E-state index contributed by atoms with van der Waals surface area (Å²) in [6.45, 7) is 2.53. The van der Waals surface area contributed by atoms with Crippen LogP contribution in [0.25, 0.3) is 0 Å². The van der Waals surface area contributed by atoms with Crippen LogP contribution in [-0.4, -0.2) is 31.8 Å². The minimum absolute atomic E-state index is 0.102. The summed E-state index contributed by atoms with van der Waals surface area (Å²) in [5.41, 5.74) is 3.62. The van der Waals surface area contributed by atoms with Gasteiger partial charge in [0.2, 0.25) is 10.0 Å². The van der Waals surface area contributed by atoms with Crippen molar-refractivity contribution in [1.82, 2.24) is 4.31 Å². The van der Waals surface area contributed by atoms with E-state index in [9.17, 15) is 13.2 Å². The Morgan fingerprint density at radius 1 is 1.00 bits per heavy atom. The molecule has 7 heteroatoms. The molecule has 6 nitrogen and oxygen atoms in total. The zero-order chi connectivity index (χ0) is 21.8. The lowest BCUT2D eigenvalue weighted by Crippen LogP contribution is -2.36. The molecule has 0 bridgehead atoms. The van der Waals surface area contributed by atoms with Crippen LogP contribution in [0, 0.1) is 6.92 Å². The van der Waals surface area contributed by atoms with Crippen LogP contribution in [0.2, 0.25) is 0 Å². The highest BCUT2D eigenvalue weighted by Gasteiger charge is 2.28. The second-order valence-electron chi connectivity index (χ2n) is 7.54. The van der Waals surface area contributed by atoms with Crippen molar-refractivity contribution in [3.8, 4) is 5.75 Å². The van der Waals surface area contributed by atoms with Crippen LogP contribution >= 0.6 is 0 Å². The average molecular weight is 437 g/mol. The smallest absolute Gasteiger partial charge is 0.262 e. The van der Waals surface area contributed by atoms with E-state index < -0.39 is 10.0 Å². The van der Waals surface area contributed by atoms with E-state index in [1.807, 2.05) is 43.3 Å². The van der Waals surface area contributed by atoms with E-state index in [0.29, 0.717) is 29.3 Å². The van der Waals surface area contributed by atoms with Gasteiger partial charge in [0.25, 0.3) is 5.91 Å². The zero-order valence-electron chi connectivity index (χ0n) is 17.2. The molecule has 0 aromatic heterocycles. The summed E-state index contributed by atoms with van der Waals surface area (Å²) in [6, 6.07) is 21.6. The molecule has 0 saturated carbocycles. The van der Waals surface area contributed by atoms with Gasteiger partial charge in [0.1, 0.15) is 5.75 Å². The Labute approximate surface area is 182 Å². The highest BCUT2D eigenvalue weighted by molar-refractivity contribution is 7.89. The Balaban J connectivity index is 1.44. The molecule has 0 aliphatic carbocycles. The number of nitrogens with zero attached hydrogens (tertiary/aromatic N) is 1. The van der Waals surface area contributed by atoms with Crippen LogP contribution in [-0.2, 0) is 27.8 Å². The third-order valence-corrected chi connectivity index (χ3v) is 7.10. The van der Waals surface area contributed by atoms with Gasteiger partial charge < -0.3 is 10.1 Å². The number of nitrogens with one attached hydrogen (secondary N) is 1. The number of rotatable bonds is 6. The normalized spacial score (nSPS) is 14.0. The van der Waals surface area contributed by atoms with Crippen molar-refractivity contribution in [3.05, 3.63) is 89.5 Å². The molecular formula is C24H24N2O4S. The van der Waals surface area contributed by atoms with E-state index in [2.05, 4.69) is 5.32 Å². The number of benzene rings is 3. The molecule has 3 aromatic carbocycles. The fourth-order valence-electron chi connectivity index (χ4n) is 3.54. The van der Waals surface area contributed by atoms with Crippen LogP contribution in [0.4, 0.5) is 5.69 Å². The molecule has 1 amide bonds. The monoisotopic (exact) mass is 436 g/mol. The topological polar surface area (TPSA) is 75.7 Å². The van der Waals surface area contributed by atoms with Crippen molar-refractivity contribution in [2.45, 2.75) is 24.8 Å². The van der Waals surface area contributed by atoms with E-state index >= 15 is 0 Å². The molecule has 0 unspecified atom stereocenters. The lowest BCUT2D eigenvalue weighted by molar-refractivity contribution is -0.118. The second kappa shape index (κ2) is 8.91. The first-order valence-corrected chi connectivity index (χ1v) is 11.5. The van der Waals surface area contributed by atoms with E-state index in [0.717, 1.165) is 16.7 Å². The summed E-state index contributed by atoms with van der Waals surface area (Å²) < 4.78 is 33.0.